The van der Waals surface area contributed by atoms with Crippen LogP contribution in [0.2, 0.25) is 0 Å². The van der Waals surface area contributed by atoms with E-state index in [0.717, 1.165) is 24.7 Å². The standard InChI is InChI=1S/C24H24BrIN2O4/c1-29-21-9-6-17(11-22(21)30-2)13-27-28-14-18-10-20(26)24(23(12-18)31-3)32-15-16-4-7-19(25)8-5-16/h4-12,14,27H,13,15H2,1-3H3/b28-14-. The molecule has 3 aromatic carbocycles. The number of benzene rings is 3. The Kier molecular flexibility index (Phi) is 9.04. The van der Waals surface area contributed by atoms with Crippen molar-refractivity contribution in [3.05, 3.63) is 79.3 Å². The zero-order valence-electron chi connectivity index (χ0n) is 18.0. The highest BCUT2D eigenvalue weighted by molar-refractivity contribution is 14.1. The molecule has 0 radical (unpaired) electrons. The summed E-state index contributed by atoms with van der Waals surface area (Å²) >= 11 is 5.69. The van der Waals surface area contributed by atoms with Gasteiger partial charge in [0.15, 0.2) is 23.0 Å². The van der Waals surface area contributed by atoms with Crippen molar-refractivity contribution in [3.8, 4) is 23.0 Å². The van der Waals surface area contributed by atoms with Crippen molar-refractivity contribution in [2.24, 2.45) is 5.10 Å². The van der Waals surface area contributed by atoms with Crippen LogP contribution in [0.25, 0.3) is 0 Å². The third kappa shape index (κ3) is 6.52. The van der Waals surface area contributed by atoms with Crippen molar-refractivity contribution >= 4 is 44.7 Å². The van der Waals surface area contributed by atoms with Gasteiger partial charge in [0.25, 0.3) is 0 Å². The first-order valence-electron chi connectivity index (χ1n) is 9.75. The molecule has 0 saturated carbocycles. The average Bonchev–Trinajstić information content (AvgIpc) is 2.81. The van der Waals surface area contributed by atoms with E-state index in [0.29, 0.717) is 36.1 Å². The molecule has 0 amide bonds. The van der Waals surface area contributed by atoms with Crippen LogP contribution in [0.1, 0.15) is 16.7 Å². The first-order valence-corrected chi connectivity index (χ1v) is 11.6. The van der Waals surface area contributed by atoms with Crippen molar-refractivity contribution < 1.29 is 18.9 Å². The molecule has 32 heavy (non-hydrogen) atoms. The fourth-order valence-corrected chi connectivity index (χ4v) is 3.98. The second-order valence-corrected chi connectivity index (χ2v) is 8.81. The van der Waals surface area contributed by atoms with Crippen molar-refractivity contribution in [2.75, 3.05) is 21.3 Å². The van der Waals surface area contributed by atoms with E-state index in [2.05, 4.69) is 49.0 Å². The number of hydrazone groups is 1. The Bertz CT molecular complexity index is 1070. The van der Waals surface area contributed by atoms with Gasteiger partial charge in [-0.05, 0) is 75.7 Å². The van der Waals surface area contributed by atoms with Gasteiger partial charge in [-0.1, -0.05) is 34.1 Å². The van der Waals surface area contributed by atoms with Crippen LogP contribution in [0.5, 0.6) is 23.0 Å². The van der Waals surface area contributed by atoms with Crippen molar-refractivity contribution in [1.82, 2.24) is 5.43 Å². The molecule has 0 aliphatic heterocycles. The van der Waals surface area contributed by atoms with E-state index < -0.39 is 0 Å². The predicted molar refractivity (Wildman–Crippen MR) is 138 cm³/mol. The molecule has 0 aliphatic rings. The molecule has 0 spiro atoms. The predicted octanol–water partition coefficient (Wildman–Crippen LogP) is 5.78. The number of ether oxygens (including phenoxy) is 4. The molecule has 1 N–H and O–H groups in total. The highest BCUT2D eigenvalue weighted by atomic mass is 127. The van der Waals surface area contributed by atoms with Gasteiger partial charge in [-0.15, -0.1) is 0 Å². The average molecular weight is 611 g/mol. The number of rotatable bonds is 10. The highest BCUT2D eigenvalue weighted by Crippen LogP contribution is 2.34. The second kappa shape index (κ2) is 12.0. The molecule has 0 heterocycles. The number of hydrogen-bond acceptors (Lipinski definition) is 6. The van der Waals surface area contributed by atoms with Crippen LogP contribution in [-0.2, 0) is 13.2 Å². The Labute approximate surface area is 210 Å². The molecule has 0 fully saturated rings. The van der Waals surface area contributed by atoms with Crippen LogP contribution in [0.4, 0.5) is 0 Å². The van der Waals surface area contributed by atoms with Gasteiger partial charge < -0.3 is 24.4 Å². The first kappa shape index (κ1) is 24.2. The lowest BCUT2D eigenvalue weighted by Crippen LogP contribution is -2.06. The van der Waals surface area contributed by atoms with E-state index in [-0.39, 0.29) is 0 Å². The van der Waals surface area contributed by atoms with Gasteiger partial charge in [0.1, 0.15) is 6.61 Å². The lowest BCUT2D eigenvalue weighted by molar-refractivity contribution is 0.282. The second-order valence-electron chi connectivity index (χ2n) is 6.73. The first-order chi connectivity index (χ1) is 15.5. The molecule has 168 valence electrons. The Morgan fingerprint density at radius 1 is 0.875 bits per heavy atom. The summed E-state index contributed by atoms with van der Waals surface area (Å²) in [6, 6.07) is 17.7. The summed E-state index contributed by atoms with van der Waals surface area (Å²) in [7, 11) is 4.87. The lowest BCUT2D eigenvalue weighted by atomic mass is 10.2. The lowest BCUT2D eigenvalue weighted by Gasteiger charge is -2.13. The Balaban J connectivity index is 1.63. The molecule has 0 bridgehead atoms. The van der Waals surface area contributed by atoms with Gasteiger partial charge in [0, 0.05) is 4.47 Å². The zero-order chi connectivity index (χ0) is 22.9. The van der Waals surface area contributed by atoms with Crippen LogP contribution in [0.3, 0.4) is 0 Å². The third-order valence-corrected chi connectivity index (χ3v) is 5.91. The fourth-order valence-electron chi connectivity index (χ4n) is 2.94. The summed E-state index contributed by atoms with van der Waals surface area (Å²) in [4.78, 5) is 0. The monoisotopic (exact) mass is 610 g/mol. The van der Waals surface area contributed by atoms with Gasteiger partial charge in [0.2, 0.25) is 0 Å². The van der Waals surface area contributed by atoms with Crippen LogP contribution < -0.4 is 24.4 Å². The van der Waals surface area contributed by atoms with E-state index in [1.54, 1.807) is 27.5 Å². The molecule has 6 nitrogen and oxygen atoms in total. The highest BCUT2D eigenvalue weighted by Gasteiger charge is 2.11. The minimum atomic E-state index is 0.458. The fraction of sp³-hybridized carbons (Fsp3) is 0.208. The van der Waals surface area contributed by atoms with Crippen LogP contribution in [0, 0.1) is 3.57 Å². The van der Waals surface area contributed by atoms with E-state index in [1.807, 2.05) is 54.6 Å². The maximum absolute atomic E-state index is 6.03. The van der Waals surface area contributed by atoms with E-state index >= 15 is 0 Å². The summed E-state index contributed by atoms with van der Waals surface area (Å²) in [5.74, 6) is 2.76. The summed E-state index contributed by atoms with van der Waals surface area (Å²) in [5, 5.41) is 4.33. The summed E-state index contributed by atoms with van der Waals surface area (Å²) in [6.07, 6.45) is 1.75. The van der Waals surface area contributed by atoms with Crippen molar-refractivity contribution in [1.29, 1.82) is 0 Å². The van der Waals surface area contributed by atoms with Gasteiger partial charge in [-0.2, -0.15) is 5.10 Å². The Morgan fingerprint density at radius 3 is 2.25 bits per heavy atom. The Morgan fingerprint density at radius 2 is 1.56 bits per heavy atom. The van der Waals surface area contributed by atoms with Gasteiger partial charge in [-0.3, -0.25) is 0 Å². The normalized spacial score (nSPS) is 10.8. The number of halogens is 2. The third-order valence-electron chi connectivity index (χ3n) is 4.58. The number of nitrogens with zero attached hydrogens (tertiary/aromatic N) is 1. The molecule has 0 unspecified atom stereocenters. The summed E-state index contributed by atoms with van der Waals surface area (Å²) in [5.41, 5.74) is 6.07. The summed E-state index contributed by atoms with van der Waals surface area (Å²) in [6.45, 7) is 1.01. The smallest absolute Gasteiger partial charge is 0.174 e. The minimum Gasteiger partial charge on any atom is -0.493 e. The molecule has 3 rings (SSSR count). The molecule has 0 saturated heterocycles. The van der Waals surface area contributed by atoms with Gasteiger partial charge in [-0.25, -0.2) is 0 Å². The molecule has 0 aliphatic carbocycles. The zero-order valence-corrected chi connectivity index (χ0v) is 21.8. The minimum absolute atomic E-state index is 0.458. The number of hydrogen-bond donors (Lipinski definition) is 1. The van der Waals surface area contributed by atoms with Crippen molar-refractivity contribution in [3.63, 3.8) is 0 Å². The SMILES string of the molecule is COc1ccc(CN/N=C\c2cc(I)c(OCc3ccc(Br)cc3)c(OC)c2)cc1OC. The molecule has 0 atom stereocenters. The number of methoxy groups -OCH3 is 3. The topological polar surface area (TPSA) is 61.3 Å². The van der Waals surface area contributed by atoms with Crippen LogP contribution in [-0.4, -0.2) is 27.5 Å². The van der Waals surface area contributed by atoms with Crippen LogP contribution in [0.15, 0.2) is 64.2 Å². The Hall–Kier alpha value is -2.46. The van der Waals surface area contributed by atoms with E-state index in [9.17, 15) is 0 Å². The molecular formula is C24H24BrIN2O4. The molecular weight excluding hydrogens is 587 g/mol. The number of nitrogens with one attached hydrogen (secondary N) is 1. The van der Waals surface area contributed by atoms with Gasteiger partial charge >= 0.3 is 0 Å². The van der Waals surface area contributed by atoms with E-state index in [4.69, 9.17) is 18.9 Å². The van der Waals surface area contributed by atoms with Crippen molar-refractivity contribution in [2.45, 2.75) is 13.2 Å². The maximum atomic E-state index is 6.03. The quantitative estimate of drug-likeness (QED) is 0.179. The molecule has 0 aromatic heterocycles. The van der Waals surface area contributed by atoms with Crippen LogP contribution >= 0.6 is 38.5 Å². The van der Waals surface area contributed by atoms with E-state index in [1.165, 1.54) is 0 Å². The summed E-state index contributed by atoms with van der Waals surface area (Å²) < 4.78 is 24.2. The van der Waals surface area contributed by atoms with Gasteiger partial charge in [0.05, 0.1) is 37.7 Å². The molecule has 8 heteroatoms. The maximum Gasteiger partial charge on any atom is 0.174 e. The largest absolute Gasteiger partial charge is 0.493 e. The molecule has 3 aromatic rings.